The SMILES string of the molecule is COC(=O)c1ccc(Br)cc1F.COC(=O)c1ccc(C#N)cc1F.N#Cc1ccc(C(=O)NC2CCCCCC2)c(F)c1.N#Cc1ccc(C(=O)O)c(F)c1.NCc1ccc(C(=O)NC2CCCCCC2)c(F)c1.O=C(O)c1ccc(Br)cc1F. The molecule has 0 heterocycles. The minimum atomic E-state index is -1.34. The fraction of sp³-hybridized carbons (Fsp3) is 0.274. The lowest BCUT2D eigenvalue weighted by Crippen LogP contribution is -2.34. The number of rotatable bonds is 9. The van der Waals surface area contributed by atoms with Crippen LogP contribution in [0.3, 0.4) is 0 Å². The van der Waals surface area contributed by atoms with E-state index in [4.69, 9.17) is 31.7 Å². The second kappa shape index (κ2) is 37.4. The number of halogens is 8. The number of carboxylic acid groups (broad SMARTS) is 2. The molecular weight excluding hydrogens is 1260 g/mol. The number of nitrogens with two attached hydrogens (primary N) is 1. The largest absolute Gasteiger partial charge is 0.478 e. The topological polar surface area (TPSA) is 283 Å². The first-order valence-corrected chi connectivity index (χ1v) is 27.8. The summed E-state index contributed by atoms with van der Waals surface area (Å²) in [4.78, 5) is 66.4. The predicted octanol–water partition coefficient (Wildman–Crippen LogP) is 13.4. The number of methoxy groups -OCH3 is 2. The van der Waals surface area contributed by atoms with Gasteiger partial charge in [-0.25, -0.2) is 45.5 Å². The molecule has 2 amide bonds. The lowest BCUT2D eigenvalue weighted by Gasteiger charge is -2.16. The van der Waals surface area contributed by atoms with Crippen LogP contribution in [0.25, 0.3) is 0 Å². The van der Waals surface area contributed by atoms with Crippen molar-refractivity contribution in [3.8, 4) is 18.2 Å². The van der Waals surface area contributed by atoms with Crippen molar-refractivity contribution in [2.45, 2.75) is 95.7 Å². The molecule has 452 valence electrons. The van der Waals surface area contributed by atoms with Gasteiger partial charge in [0.2, 0.25) is 0 Å². The third kappa shape index (κ3) is 24.0. The Labute approximate surface area is 508 Å². The molecule has 6 aromatic rings. The highest BCUT2D eigenvalue weighted by Gasteiger charge is 2.21. The van der Waals surface area contributed by atoms with Crippen LogP contribution in [0.4, 0.5) is 26.3 Å². The zero-order valence-electron chi connectivity index (χ0n) is 46.3. The van der Waals surface area contributed by atoms with E-state index in [9.17, 15) is 55.1 Å². The average Bonchev–Trinajstić information content (AvgIpc) is 3.98. The van der Waals surface area contributed by atoms with E-state index in [1.807, 2.05) is 6.07 Å². The number of carbonyl (C=O) groups is 6. The van der Waals surface area contributed by atoms with Crippen LogP contribution in [-0.4, -0.2) is 72.2 Å². The highest BCUT2D eigenvalue weighted by molar-refractivity contribution is 9.10. The fourth-order valence-electron chi connectivity index (χ4n) is 8.06. The van der Waals surface area contributed by atoms with Gasteiger partial charge in [-0.05, 0) is 134 Å². The monoisotopic (exact) mass is 1320 g/mol. The number of amides is 2. The molecule has 16 nitrogen and oxygen atoms in total. The van der Waals surface area contributed by atoms with Crippen LogP contribution in [0, 0.1) is 68.9 Å². The van der Waals surface area contributed by atoms with Gasteiger partial charge >= 0.3 is 23.9 Å². The molecule has 8 rings (SSSR count). The molecule has 0 saturated heterocycles. The smallest absolute Gasteiger partial charge is 0.340 e. The first-order valence-electron chi connectivity index (χ1n) is 26.2. The molecule has 6 aromatic carbocycles. The number of benzene rings is 6. The van der Waals surface area contributed by atoms with Crippen LogP contribution in [0.1, 0.15) is 161 Å². The number of hydrogen-bond donors (Lipinski definition) is 5. The van der Waals surface area contributed by atoms with Crippen LogP contribution >= 0.6 is 31.9 Å². The third-order valence-corrected chi connectivity index (χ3v) is 13.6. The van der Waals surface area contributed by atoms with E-state index >= 15 is 0 Å². The summed E-state index contributed by atoms with van der Waals surface area (Å²) in [6.07, 6.45) is 13.3. The van der Waals surface area contributed by atoms with E-state index in [2.05, 4.69) is 52.0 Å². The summed E-state index contributed by atoms with van der Waals surface area (Å²) in [5.74, 6) is -8.77. The van der Waals surface area contributed by atoms with Crippen LogP contribution in [0.15, 0.2) is 118 Å². The molecule has 0 bridgehead atoms. The average molecular weight is 1320 g/mol. The quantitative estimate of drug-likeness (QED) is 0.0511. The van der Waals surface area contributed by atoms with Gasteiger partial charge in [-0.3, -0.25) is 9.59 Å². The van der Waals surface area contributed by atoms with Crippen molar-refractivity contribution >= 4 is 67.6 Å². The number of carbonyl (C=O) groups excluding carboxylic acids is 4. The van der Waals surface area contributed by atoms with Crippen molar-refractivity contribution in [3.05, 3.63) is 209 Å². The van der Waals surface area contributed by atoms with Gasteiger partial charge in [0.1, 0.15) is 34.9 Å². The number of hydrogen-bond acceptors (Lipinski definition) is 12. The molecule has 6 N–H and O–H groups in total. The Kier molecular flexibility index (Phi) is 31.1. The zero-order valence-corrected chi connectivity index (χ0v) is 49.5. The van der Waals surface area contributed by atoms with Crippen LogP contribution in [0.2, 0.25) is 0 Å². The van der Waals surface area contributed by atoms with Crippen molar-refractivity contribution < 1.29 is 74.8 Å². The van der Waals surface area contributed by atoms with Crippen LogP contribution in [0.5, 0.6) is 0 Å². The highest BCUT2D eigenvalue weighted by atomic mass is 79.9. The van der Waals surface area contributed by atoms with Gasteiger partial charge in [0, 0.05) is 27.6 Å². The molecular formula is C62H58Br2F6N6O10. The Morgan fingerprint density at radius 2 is 0.756 bits per heavy atom. The Balaban J connectivity index is 0.000000274. The Hall–Kier alpha value is -8.89. The molecule has 0 atom stereocenters. The number of carboxylic acids is 2. The lowest BCUT2D eigenvalue weighted by molar-refractivity contribution is 0.0586. The van der Waals surface area contributed by atoms with E-state index in [0.29, 0.717) is 14.5 Å². The summed E-state index contributed by atoms with van der Waals surface area (Å²) < 4.78 is 88.8. The number of ether oxygens (including phenoxy) is 2. The molecule has 2 saturated carbocycles. The van der Waals surface area contributed by atoms with E-state index in [-0.39, 0.29) is 75.0 Å². The number of esters is 2. The summed E-state index contributed by atoms with van der Waals surface area (Å²) in [7, 11) is 2.38. The Morgan fingerprint density at radius 1 is 0.465 bits per heavy atom. The zero-order chi connectivity index (χ0) is 63.9. The molecule has 0 aromatic heterocycles. The fourth-order valence-corrected chi connectivity index (χ4v) is 8.72. The van der Waals surface area contributed by atoms with E-state index in [1.165, 1.54) is 107 Å². The van der Waals surface area contributed by atoms with E-state index in [1.54, 1.807) is 24.3 Å². The summed E-state index contributed by atoms with van der Waals surface area (Å²) in [5.41, 5.74) is 5.82. The maximum Gasteiger partial charge on any atom is 0.340 e. The standard InChI is InChI=1S/C15H21FN2O.C15H17FN2O.C9H6FNO2.C8H6BrFO2.C8H4FNO2.C7H4BrFO2/c2*16-14-9-11(10-17)7-8-13(14)15(19)18-12-5-3-1-2-4-6-12;1-13-9(12)7-3-2-6(5-11)4-8(7)10;1-12-8(11)6-3-2-5(9)4-7(6)10;9-7-3-5(4-10)1-2-6(7)8(11)12;8-4-1-2-5(7(10)11)6(9)3-4/h7-9,12H,1-6,10,17H2,(H,18,19);7-9,12H,1-6H2,(H,18,19);2-4H,1H3;2-4H,1H3;1-3H,(H,11,12);1-3H,(H,10,11). The second-order valence-electron chi connectivity index (χ2n) is 18.6. The summed E-state index contributed by atoms with van der Waals surface area (Å²) in [5, 5.41) is 48.1. The molecule has 2 fully saturated rings. The molecule has 2 aliphatic rings. The van der Waals surface area contributed by atoms with Crippen LogP contribution < -0.4 is 16.4 Å². The van der Waals surface area contributed by atoms with Gasteiger partial charge in [-0.2, -0.15) is 15.8 Å². The van der Waals surface area contributed by atoms with Crippen molar-refractivity contribution in [2.75, 3.05) is 14.2 Å². The predicted molar refractivity (Wildman–Crippen MR) is 310 cm³/mol. The Morgan fingerprint density at radius 3 is 1.05 bits per heavy atom. The lowest BCUT2D eigenvalue weighted by atomic mass is 10.1. The van der Waals surface area contributed by atoms with E-state index < -0.39 is 64.3 Å². The second-order valence-corrected chi connectivity index (χ2v) is 20.4. The molecule has 24 heteroatoms. The molecule has 0 spiro atoms. The first-order chi connectivity index (χ1) is 41.0. The van der Waals surface area contributed by atoms with Crippen molar-refractivity contribution in [3.63, 3.8) is 0 Å². The number of nitriles is 3. The van der Waals surface area contributed by atoms with Gasteiger partial charge in [0.05, 0.1) is 82.5 Å². The van der Waals surface area contributed by atoms with Gasteiger partial charge in [-0.15, -0.1) is 0 Å². The number of nitrogens with zero attached hydrogens (tertiary/aromatic N) is 3. The molecule has 0 aliphatic heterocycles. The highest BCUT2D eigenvalue weighted by Crippen LogP contribution is 2.22. The van der Waals surface area contributed by atoms with Crippen LogP contribution in [-0.2, 0) is 16.0 Å². The minimum absolute atomic E-state index is 0.0169. The maximum absolute atomic E-state index is 13.8. The van der Waals surface area contributed by atoms with Crippen molar-refractivity contribution in [1.82, 2.24) is 10.6 Å². The molecule has 2 aliphatic carbocycles. The molecule has 0 unspecified atom stereocenters. The minimum Gasteiger partial charge on any atom is -0.478 e. The number of nitrogens with one attached hydrogen (secondary N) is 2. The van der Waals surface area contributed by atoms with Gasteiger partial charge in [0.25, 0.3) is 11.8 Å². The van der Waals surface area contributed by atoms with E-state index in [0.717, 1.165) is 81.7 Å². The summed E-state index contributed by atoms with van der Waals surface area (Å²) >= 11 is 6.09. The summed E-state index contributed by atoms with van der Waals surface area (Å²) in [6.45, 7) is 0.279. The summed E-state index contributed by atoms with van der Waals surface area (Å²) in [6, 6.07) is 28.9. The maximum atomic E-state index is 13.8. The molecule has 0 radical (unpaired) electrons. The molecule has 86 heavy (non-hydrogen) atoms. The first kappa shape index (κ1) is 71.4. The van der Waals surface area contributed by atoms with Crippen molar-refractivity contribution in [1.29, 1.82) is 15.8 Å². The normalized spacial score (nSPS) is 12.6. The third-order valence-electron chi connectivity index (χ3n) is 12.6. The van der Waals surface area contributed by atoms with Gasteiger partial charge in [-0.1, -0.05) is 89.3 Å². The van der Waals surface area contributed by atoms with Gasteiger partial charge < -0.3 is 36.1 Å². The Bertz CT molecular complexity index is 3470. The van der Waals surface area contributed by atoms with Crippen molar-refractivity contribution in [2.24, 2.45) is 5.73 Å². The van der Waals surface area contributed by atoms with Gasteiger partial charge in [0.15, 0.2) is 0 Å². The number of aromatic carboxylic acids is 2.